The van der Waals surface area contributed by atoms with Gasteiger partial charge in [0.15, 0.2) is 16.1 Å². The van der Waals surface area contributed by atoms with Gasteiger partial charge in [0, 0.05) is 35.6 Å². The van der Waals surface area contributed by atoms with Crippen molar-refractivity contribution in [2.75, 3.05) is 31.4 Å². The van der Waals surface area contributed by atoms with Gasteiger partial charge in [-0.25, -0.2) is 18.7 Å². The second-order valence-corrected chi connectivity index (χ2v) is 12.9. The van der Waals surface area contributed by atoms with E-state index in [4.69, 9.17) is 14.3 Å². The van der Waals surface area contributed by atoms with Crippen molar-refractivity contribution in [2.24, 2.45) is 0 Å². The summed E-state index contributed by atoms with van der Waals surface area (Å²) in [6.45, 7) is 0.914. The number of amides is 2. The largest absolute Gasteiger partial charge is 0.384 e. The quantitative estimate of drug-likeness (QED) is 0.427. The van der Waals surface area contributed by atoms with Crippen LogP contribution in [0.3, 0.4) is 0 Å². The summed E-state index contributed by atoms with van der Waals surface area (Å²) >= 11 is 1.37. The molecule has 4 rings (SSSR count). The molecule has 202 valence electrons. The molecule has 1 aromatic heterocycles. The number of benzene rings is 1. The van der Waals surface area contributed by atoms with Gasteiger partial charge in [0.2, 0.25) is 11.8 Å². The Bertz CT molecular complexity index is 1190. The highest BCUT2D eigenvalue weighted by molar-refractivity contribution is 7.92. The fourth-order valence-corrected chi connectivity index (χ4v) is 8.53. The average molecular weight is 551 g/mol. The molecule has 37 heavy (non-hydrogen) atoms. The number of thiophene rings is 1. The molecule has 0 bridgehead atoms. The first-order chi connectivity index (χ1) is 17.8. The lowest BCUT2D eigenvalue weighted by Gasteiger charge is -2.35. The van der Waals surface area contributed by atoms with Gasteiger partial charge in [-0.2, -0.15) is 0 Å². The fraction of sp³-hybridized carbons (Fsp3) is 0.538. The number of hydrogen-bond donors (Lipinski definition) is 2. The van der Waals surface area contributed by atoms with Crippen LogP contribution in [0.25, 0.3) is 10.4 Å². The molecule has 2 aliphatic heterocycles. The van der Waals surface area contributed by atoms with Crippen molar-refractivity contribution in [3.8, 4) is 10.4 Å². The Hall–Kier alpha value is -2.31. The zero-order valence-corrected chi connectivity index (χ0v) is 22.6. The van der Waals surface area contributed by atoms with Crippen molar-refractivity contribution in [2.45, 2.75) is 62.4 Å². The van der Waals surface area contributed by atoms with Crippen LogP contribution in [0.4, 0.5) is 5.69 Å². The number of hydroxylamine groups is 1. The number of carbonyl (C=O) groups excluding carboxylic acids is 2. The summed E-state index contributed by atoms with van der Waals surface area (Å²) in [7, 11) is -2.04. The molecule has 2 fully saturated rings. The number of methoxy groups -OCH3 is 1. The summed E-state index contributed by atoms with van der Waals surface area (Å²) in [6.07, 6.45) is 3.81. The van der Waals surface area contributed by atoms with Crippen molar-refractivity contribution >= 4 is 38.7 Å². The third-order valence-corrected chi connectivity index (χ3v) is 10.8. The van der Waals surface area contributed by atoms with Crippen molar-refractivity contribution in [3.63, 3.8) is 0 Å². The lowest BCUT2D eigenvalue weighted by Crippen LogP contribution is -2.45. The highest BCUT2D eigenvalue weighted by Gasteiger charge is 2.49. The van der Waals surface area contributed by atoms with E-state index < -0.39 is 26.8 Å². The van der Waals surface area contributed by atoms with Crippen LogP contribution in [-0.2, 0) is 38.5 Å². The fourth-order valence-electron chi connectivity index (χ4n) is 4.75. The summed E-state index contributed by atoms with van der Waals surface area (Å²) in [5.74, 6) is -0.580. The van der Waals surface area contributed by atoms with E-state index in [0.29, 0.717) is 43.0 Å². The summed E-state index contributed by atoms with van der Waals surface area (Å²) in [5.41, 5.74) is 3.94. The van der Waals surface area contributed by atoms with Gasteiger partial charge in [0.1, 0.15) is 4.75 Å². The highest BCUT2D eigenvalue weighted by Crippen LogP contribution is 2.47. The number of anilines is 1. The molecule has 0 saturated carbocycles. The molecular weight excluding hydrogens is 516 g/mol. The van der Waals surface area contributed by atoms with E-state index >= 15 is 0 Å². The van der Waals surface area contributed by atoms with Crippen molar-refractivity contribution in [1.29, 1.82) is 0 Å². The predicted molar refractivity (Wildman–Crippen MR) is 142 cm³/mol. The minimum atomic E-state index is -3.58. The zero-order chi connectivity index (χ0) is 26.3. The molecule has 1 aromatic carbocycles. The van der Waals surface area contributed by atoms with Crippen LogP contribution in [0.1, 0.15) is 56.2 Å². The third-order valence-electron chi connectivity index (χ3n) is 6.75. The molecule has 11 heteroatoms. The molecule has 2 amide bonds. The molecule has 0 spiro atoms. The number of hydrogen-bond acceptors (Lipinski definition) is 8. The first-order valence-corrected chi connectivity index (χ1v) is 15.1. The topological polar surface area (TPSA) is 120 Å². The summed E-state index contributed by atoms with van der Waals surface area (Å²) < 4.78 is 36.0. The maximum Gasteiger partial charge on any atom is 0.245 e. The molecular formula is C26H34N2O7S2. The Morgan fingerprint density at radius 2 is 2.00 bits per heavy atom. The SMILES string of the molecule is COCCC(=O)Nc1cccc(-c2ccc([C@@]3(CC(=O)NOC4CCCCO4)CCCCS3(=O)=O)s2)c1. The van der Waals surface area contributed by atoms with Gasteiger partial charge in [-0.1, -0.05) is 18.6 Å². The Kier molecular flexibility index (Phi) is 9.36. The monoisotopic (exact) mass is 550 g/mol. The van der Waals surface area contributed by atoms with Crippen LogP contribution in [0.5, 0.6) is 0 Å². The molecule has 2 aliphatic rings. The van der Waals surface area contributed by atoms with Gasteiger partial charge < -0.3 is 14.8 Å². The van der Waals surface area contributed by atoms with Crippen LogP contribution in [0, 0.1) is 0 Å². The Balaban J connectivity index is 1.53. The number of sulfone groups is 1. The molecule has 2 aromatic rings. The van der Waals surface area contributed by atoms with E-state index in [1.54, 1.807) is 13.2 Å². The summed E-state index contributed by atoms with van der Waals surface area (Å²) in [5, 5.41) is 2.86. The minimum absolute atomic E-state index is 0.0447. The van der Waals surface area contributed by atoms with Crippen LogP contribution in [0.15, 0.2) is 36.4 Å². The summed E-state index contributed by atoms with van der Waals surface area (Å²) in [6, 6.07) is 11.1. The molecule has 2 atom stereocenters. The number of rotatable bonds is 10. The van der Waals surface area contributed by atoms with E-state index in [2.05, 4.69) is 10.8 Å². The van der Waals surface area contributed by atoms with E-state index in [1.165, 1.54) is 11.3 Å². The van der Waals surface area contributed by atoms with Crippen LogP contribution in [-0.4, -0.2) is 52.6 Å². The van der Waals surface area contributed by atoms with Crippen molar-refractivity contribution in [3.05, 3.63) is 41.3 Å². The summed E-state index contributed by atoms with van der Waals surface area (Å²) in [4.78, 5) is 31.9. The normalized spacial score (nSPS) is 23.3. The van der Waals surface area contributed by atoms with Crippen LogP contribution < -0.4 is 10.8 Å². The first kappa shape index (κ1) is 27.7. The second-order valence-electron chi connectivity index (χ2n) is 9.42. The van der Waals surface area contributed by atoms with Crippen LogP contribution in [0.2, 0.25) is 0 Å². The lowest BCUT2D eigenvalue weighted by molar-refractivity contribution is -0.200. The lowest BCUT2D eigenvalue weighted by atomic mass is 9.94. The second kappa shape index (κ2) is 12.5. The molecule has 2 saturated heterocycles. The minimum Gasteiger partial charge on any atom is -0.384 e. The maximum absolute atomic E-state index is 13.5. The average Bonchev–Trinajstić information content (AvgIpc) is 3.39. The van der Waals surface area contributed by atoms with Gasteiger partial charge >= 0.3 is 0 Å². The van der Waals surface area contributed by atoms with Crippen molar-refractivity contribution in [1.82, 2.24) is 5.48 Å². The van der Waals surface area contributed by atoms with Crippen molar-refractivity contribution < 1.29 is 32.3 Å². The Morgan fingerprint density at radius 1 is 1.14 bits per heavy atom. The van der Waals surface area contributed by atoms with E-state index in [1.807, 2.05) is 30.3 Å². The molecule has 0 aliphatic carbocycles. The maximum atomic E-state index is 13.5. The van der Waals surface area contributed by atoms with Crippen LogP contribution >= 0.6 is 11.3 Å². The molecule has 2 N–H and O–H groups in total. The van der Waals surface area contributed by atoms with E-state index in [-0.39, 0.29) is 24.5 Å². The van der Waals surface area contributed by atoms with Gasteiger partial charge in [0.05, 0.1) is 25.2 Å². The van der Waals surface area contributed by atoms with E-state index in [9.17, 15) is 18.0 Å². The zero-order valence-electron chi connectivity index (χ0n) is 21.0. The van der Waals surface area contributed by atoms with E-state index in [0.717, 1.165) is 29.7 Å². The predicted octanol–water partition coefficient (Wildman–Crippen LogP) is 4.15. The number of ether oxygens (including phenoxy) is 2. The number of nitrogens with one attached hydrogen (secondary N) is 2. The molecule has 3 heterocycles. The highest BCUT2D eigenvalue weighted by atomic mass is 32.2. The molecule has 0 radical (unpaired) electrons. The van der Waals surface area contributed by atoms with Gasteiger partial charge in [-0.15, -0.1) is 11.3 Å². The standard InChI is InChI=1S/C26H34N2O7S2/c1-33-15-12-23(29)27-20-8-6-7-19(17-20)21-10-11-22(36-21)26(13-3-5-16-37(26,31)32)18-24(30)28-35-25-9-2-4-14-34-25/h6-8,10-11,17,25H,2-5,9,12-16,18H2,1H3,(H,27,29)(H,28,30)/t25?,26-/m0/s1. The Labute approximate surface area is 221 Å². The number of carbonyl (C=O) groups is 2. The first-order valence-electron chi connectivity index (χ1n) is 12.6. The smallest absolute Gasteiger partial charge is 0.245 e. The van der Waals surface area contributed by atoms with Gasteiger partial charge in [-0.3, -0.25) is 9.59 Å². The molecule has 1 unspecified atom stereocenters. The third kappa shape index (κ3) is 6.77. The van der Waals surface area contributed by atoms with Gasteiger partial charge in [-0.05, 0) is 55.5 Å². The van der Waals surface area contributed by atoms with Gasteiger partial charge in [0.25, 0.3) is 0 Å². The molecule has 9 nitrogen and oxygen atoms in total. The Morgan fingerprint density at radius 3 is 2.76 bits per heavy atom.